The number of aromatic nitrogens is 2. The molecule has 0 spiro atoms. The quantitative estimate of drug-likeness (QED) is 0.888. The lowest BCUT2D eigenvalue weighted by atomic mass is 10.1. The summed E-state index contributed by atoms with van der Waals surface area (Å²) in [6.45, 7) is 6.78. The Labute approximate surface area is 123 Å². The van der Waals surface area contributed by atoms with E-state index in [0.717, 1.165) is 35.6 Å². The molecular weight excluding hydrogens is 272 g/mol. The highest BCUT2D eigenvalue weighted by Crippen LogP contribution is 2.25. The van der Waals surface area contributed by atoms with Gasteiger partial charge in [-0.1, -0.05) is 31.2 Å². The number of hydrogen-bond acceptors (Lipinski definition) is 3. The standard InChI is InChI=1S/C16H19F2N3/c1-4-13-10(3)20-15(21-16(13)19-5-2)12-8-6-11(7-9-12)14(17)18/h6-9,14H,4-5H2,1-3H3,(H,19,20,21). The van der Waals surface area contributed by atoms with Crippen LogP contribution < -0.4 is 5.32 Å². The molecule has 1 aromatic heterocycles. The monoisotopic (exact) mass is 291 g/mol. The van der Waals surface area contributed by atoms with Gasteiger partial charge in [-0.3, -0.25) is 0 Å². The Kier molecular flexibility index (Phi) is 4.83. The second kappa shape index (κ2) is 6.61. The number of nitrogens with zero attached hydrogens (tertiary/aromatic N) is 2. The van der Waals surface area contributed by atoms with E-state index in [1.807, 2.05) is 13.8 Å². The average Bonchev–Trinajstić information content (AvgIpc) is 2.47. The van der Waals surface area contributed by atoms with Gasteiger partial charge in [-0.2, -0.15) is 0 Å². The SMILES string of the molecule is CCNc1nc(-c2ccc(C(F)F)cc2)nc(C)c1CC. The van der Waals surface area contributed by atoms with E-state index in [-0.39, 0.29) is 5.56 Å². The molecule has 0 unspecified atom stereocenters. The number of nitrogens with one attached hydrogen (secondary N) is 1. The number of anilines is 1. The van der Waals surface area contributed by atoms with Crippen LogP contribution in [0.4, 0.5) is 14.6 Å². The minimum Gasteiger partial charge on any atom is -0.370 e. The lowest BCUT2D eigenvalue weighted by Crippen LogP contribution is -2.08. The van der Waals surface area contributed by atoms with Gasteiger partial charge in [-0.05, 0) is 20.3 Å². The van der Waals surface area contributed by atoms with Gasteiger partial charge in [0.25, 0.3) is 6.43 Å². The maximum Gasteiger partial charge on any atom is 0.263 e. The van der Waals surface area contributed by atoms with Crippen molar-refractivity contribution in [3.05, 3.63) is 41.1 Å². The van der Waals surface area contributed by atoms with Crippen molar-refractivity contribution in [3.63, 3.8) is 0 Å². The van der Waals surface area contributed by atoms with E-state index >= 15 is 0 Å². The Morgan fingerprint density at radius 2 is 1.76 bits per heavy atom. The third-order valence-corrected chi connectivity index (χ3v) is 3.33. The van der Waals surface area contributed by atoms with Crippen LogP contribution >= 0.6 is 0 Å². The van der Waals surface area contributed by atoms with Gasteiger partial charge in [-0.15, -0.1) is 0 Å². The van der Waals surface area contributed by atoms with Gasteiger partial charge >= 0.3 is 0 Å². The van der Waals surface area contributed by atoms with Gasteiger partial charge < -0.3 is 5.32 Å². The van der Waals surface area contributed by atoms with Crippen LogP contribution in [0.3, 0.4) is 0 Å². The van der Waals surface area contributed by atoms with Crippen molar-refractivity contribution in [2.75, 3.05) is 11.9 Å². The highest BCUT2D eigenvalue weighted by Gasteiger charge is 2.12. The summed E-state index contributed by atoms with van der Waals surface area (Å²) < 4.78 is 25.2. The lowest BCUT2D eigenvalue weighted by Gasteiger charge is -2.13. The van der Waals surface area contributed by atoms with Crippen LogP contribution in [0.25, 0.3) is 11.4 Å². The summed E-state index contributed by atoms with van der Waals surface area (Å²) in [7, 11) is 0. The van der Waals surface area contributed by atoms with E-state index in [4.69, 9.17) is 0 Å². The van der Waals surface area contributed by atoms with Crippen molar-refractivity contribution in [1.82, 2.24) is 9.97 Å². The van der Waals surface area contributed by atoms with Gasteiger partial charge in [0, 0.05) is 28.9 Å². The summed E-state index contributed by atoms with van der Waals surface area (Å²) in [6.07, 6.45) is -1.61. The topological polar surface area (TPSA) is 37.8 Å². The fourth-order valence-electron chi connectivity index (χ4n) is 2.24. The van der Waals surface area contributed by atoms with E-state index in [1.54, 1.807) is 12.1 Å². The van der Waals surface area contributed by atoms with Gasteiger partial charge in [0.05, 0.1) is 0 Å². The molecule has 0 aliphatic carbocycles. The van der Waals surface area contributed by atoms with Crippen LogP contribution in [0.2, 0.25) is 0 Å². The number of aryl methyl sites for hydroxylation is 1. The zero-order valence-corrected chi connectivity index (χ0v) is 12.5. The van der Waals surface area contributed by atoms with Gasteiger partial charge in [0.15, 0.2) is 5.82 Å². The maximum atomic E-state index is 12.6. The molecule has 112 valence electrons. The number of halogens is 2. The molecule has 0 atom stereocenters. The molecule has 5 heteroatoms. The Hall–Kier alpha value is -2.04. The van der Waals surface area contributed by atoms with Gasteiger partial charge in [0.2, 0.25) is 0 Å². The zero-order valence-electron chi connectivity index (χ0n) is 12.5. The third kappa shape index (κ3) is 3.35. The molecule has 1 heterocycles. The van der Waals surface area contributed by atoms with Crippen LogP contribution in [0.15, 0.2) is 24.3 Å². The summed E-state index contributed by atoms with van der Waals surface area (Å²) in [5.74, 6) is 1.38. The highest BCUT2D eigenvalue weighted by molar-refractivity contribution is 5.60. The zero-order chi connectivity index (χ0) is 15.4. The van der Waals surface area contributed by atoms with Crippen molar-refractivity contribution >= 4 is 5.82 Å². The van der Waals surface area contributed by atoms with E-state index in [1.165, 1.54) is 12.1 Å². The molecule has 0 radical (unpaired) electrons. The molecule has 0 aliphatic heterocycles. The number of hydrogen-bond donors (Lipinski definition) is 1. The highest BCUT2D eigenvalue weighted by atomic mass is 19.3. The summed E-state index contributed by atoms with van der Waals surface area (Å²) in [4.78, 5) is 9.02. The van der Waals surface area contributed by atoms with Crippen LogP contribution in [-0.2, 0) is 6.42 Å². The second-order valence-electron chi connectivity index (χ2n) is 4.77. The summed E-state index contributed by atoms with van der Waals surface area (Å²) >= 11 is 0. The van der Waals surface area contributed by atoms with E-state index in [0.29, 0.717) is 5.82 Å². The molecule has 0 saturated heterocycles. The first-order chi connectivity index (χ1) is 10.1. The van der Waals surface area contributed by atoms with Crippen molar-refractivity contribution in [1.29, 1.82) is 0 Å². The Morgan fingerprint density at radius 3 is 2.29 bits per heavy atom. The number of alkyl halides is 2. The first-order valence-corrected chi connectivity index (χ1v) is 7.06. The van der Waals surface area contributed by atoms with Crippen LogP contribution in [-0.4, -0.2) is 16.5 Å². The van der Waals surface area contributed by atoms with Crippen molar-refractivity contribution < 1.29 is 8.78 Å². The fraction of sp³-hybridized carbons (Fsp3) is 0.375. The van der Waals surface area contributed by atoms with Gasteiger partial charge in [-0.25, -0.2) is 18.7 Å². The summed E-state index contributed by atoms with van der Waals surface area (Å²) in [6, 6.07) is 6.11. The third-order valence-electron chi connectivity index (χ3n) is 3.33. The van der Waals surface area contributed by atoms with Crippen LogP contribution in [0.1, 0.15) is 37.1 Å². The molecule has 3 nitrogen and oxygen atoms in total. The molecule has 1 aromatic carbocycles. The van der Waals surface area contributed by atoms with Crippen molar-refractivity contribution in [3.8, 4) is 11.4 Å². The fourth-order valence-corrected chi connectivity index (χ4v) is 2.24. The Morgan fingerprint density at radius 1 is 1.10 bits per heavy atom. The molecular formula is C16H19F2N3. The second-order valence-corrected chi connectivity index (χ2v) is 4.77. The van der Waals surface area contributed by atoms with Gasteiger partial charge in [0.1, 0.15) is 5.82 Å². The molecule has 0 saturated carbocycles. The van der Waals surface area contributed by atoms with Crippen LogP contribution in [0, 0.1) is 6.92 Å². The molecule has 0 amide bonds. The normalized spacial score (nSPS) is 11.0. The first kappa shape index (κ1) is 15.4. The summed E-state index contributed by atoms with van der Waals surface area (Å²) in [5, 5.41) is 3.24. The molecule has 21 heavy (non-hydrogen) atoms. The molecule has 1 N–H and O–H groups in total. The van der Waals surface area contributed by atoms with E-state index in [9.17, 15) is 8.78 Å². The van der Waals surface area contributed by atoms with Crippen LogP contribution in [0.5, 0.6) is 0 Å². The number of rotatable bonds is 5. The molecule has 2 rings (SSSR count). The Balaban J connectivity index is 2.43. The lowest BCUT2D eigenvalue weighted by molar-refractivity contribution is 0.151. The predicted molar refractivity (Wildman–Crippen MR) is 80.7 cm³/mol. The minimum atomic E-state index is -2.46. The molecule has 0 fully saturated rings. The first-order valence-electron chi connectivity index (χ1n) is 7.06. The Bertz CT molecular complexity index is 610. The summed E-state index contributed by atoms with van der Waals surface area (Å²) in [5.41, 5.74) is 2.75. The molecule has 0 bridgehead atoms. The average molecular weight is 291 g/mol. The number of benzene rings is 1. The maximum absolute atomic E-state index is 12.6. The smallest absolute Gasteiger partial charge is 0.263 e. The predicted octanol–water partition coefficient (Wildman–Crippen LogP) is 4.38. The van der Waals surface area contributed by atoms with E-state index < -0.39 is 6.43 Å². The van der Waals surface area contributed by atoms with E-state index in [2.05, 4.69) is 22.2 Å². The van der Waals surface area contributed by atoms with Crippen molar-refractivity contribution in [2.24, 2.45) is 0 Å². The van der Waals surface area contributed by atoms with Crippen molar-refractivity contribution in [2.45, 2.75) is 33.6 Å². The largest absolute Gasteiger partial charge is 0.370 e. The molecule has 0 aliphatic rings. The minimum absolute atomic E-state index is 0.00700. The molecule has 2 aromatic rings.